The van der Waals surface area contributed by atoms with Gasteiger partial charge in [-0.2, -0.15) is 0 Å². The van der Waals surface area contributed by atoms with E-state index in [0.717, 1.165) is 17.2 Å². The van der Waals surface area contributed by atoms with Crippen molar-refractivity contribution >= 4 is 24.4 Å². The lowest BCUT2D eigenvalue weighted by Crippen LogP contribution is -2.08. The van der Waals surface area contributed by atoms with E-state index in [1.165, 1.54) is 5.56 Å². The molecule has 0 amide bonds. The van der Waals surface area contributed by atoms with E-state index >= 15 is 0 Å². The fourth-order valence-electron chi connectivity index (χ4n) is 2.24. The van der Waals surface area contributed by atoms with Crippen molar-refractivity contribution in [1.29, 1.82) is 0 Å². The van der Waals surface area contributed by atoms with Gasteiger partial charge >= 0.3 is 7.60 Å². The molecule has 0 saturated carbocycles. The predicted octanol–water partition coefficient (Wildman–Crippen LogP) is 4.01. The summed E-state index contributed by atoms with van der Waals surface area (Å²) in [4.78, 5) is 4.68. The topological polar surface area (TPSA) is 47.9 Å². The largest absolute Gasteiger partial charge is 0.337 e. The van der Waals surface area contributed by atoms with Crippen molar-refractivity contribution in [2.75, 3.05) is 25.1 Å². The van der Waals surface area contributed by atoms with E-state index < -0.39 is 7.60 Å². The first-order valence-electron chi connectivity index (χ1n) is 7.26. The maximum absolute atomic E-state index is 12.5. The van der Waals surface area contributed by atoms with Gasteiger partial charge in [-0.25, -0.2) is 0 Å². The van der Waals surface area contributed by atoms with Crippen molar-refractivity contribution in [2.45, 2.75) is 26.3 Å². The van der Waals surface area contributed by atoms with Crippen molar-refractivity contribution < 1.29 is 13.6 Å². The van der Waals surface area contributed by atoms with E-state index in [0.29, 0.717) is 19.4 Å². The van der Waals surface area contributed by atoms with Gasteiger partial charge in [-0.15, -0.1) is 11.8 Å². The monoisotopic (exact) mass is 327 g/mol. The lowest BCUT2D eigenvalue weighted by atomic mass is 10.1. The Balaban J connectivity index is 1.95. The predicted molar refractivity (Wildman–Crippen MR) is 89.6 cm³/mol. The van der Waals surface area contributed by atoms with Gasteiger partial charge in [0, 0.05) is 5.75 Å². The minimum Gasteiger partial charge on any atom is -0.309 e. The van der Waals surface area contributed by atoms with Crippen molar-refractivity contribution in [3.8, 4) is 0 Å². The first-order valence-corrected chi connectivity index (χ1v) is 9.98. The summed E-state index contributed by atoms with van der Waals surface area (Å²) in [6, 6.07) is 10.6. The smallest absolute Gasteiger partial charge is 0.309 e. The quantitative estimate of drug-likeness (QED) is 0.677. The average Bonchev–Trinajstić information content (AvgIpc) is 2.87. The number of hydrogen-bond donors (Lipinski definition) is 0. The summed E-state index contributed by atoms with van der Waals surface area (Å²) >= 11 is 1.67. The van der Waals surface area contributed by atoms with Crippen LogP contribution in [0.25, 0.3) is 0 Å². The van der Waals surface area contributed by atoms with E-state index in [-0.39, 0.29) is 6.04 Å². The van der Waals surface area contributed by atoms with Crippen LogP contribution in [0, 0.1) is 0 Å². The summed E-state index contributed by atoms with van der Waals surface area (Å²) in [7, 11) is -3.03. The van der Waals surface area contributed by atoms with Crippen molar-refractivity contribution in [1.82, 2.24) is 0 Å². The first kappa shape index (κ1) is 16.8. The third kappa shape index (κ3) is 5.26. The molecular weight excluding hydrogens is 305 g/mol. The lowest BCUT2D eigenvalue weighted by molar-refractivity contribution is 0.223. The molecule has 1 atom stereocenters. The number of hydrogen-bond acceptors (Lipinski definition) is 5. The normalized spacial score (nSPS) is 18.8. The minimum atomic E-state index is -3.03. The van der Waals surface area contributed by atoms with Crippen LogP contribution in [0.3, 0.4) is 0 Å². The second-order valence-electron chi connectivity index (χ2n) is 4.78. The van der Waals surface area contributed by atoms with Crippen LogP contribution < -0.4 is 0 Å². The van der Waals surface area contributed by atoms with E-state index in [1.807, 2.05) is 32.0 Å². The van der Waals surface area contributed by atoms with Crippen molar-refractivity contribution in [3.63, 3.8) is 0 Å². The number of aliphatic imine (C=N–C) groups is 1. The molecule has 0 unspecified atom stereocenters. The van der Waals surface area contributed by atoms with E-state index in [9.17, 15) is 4.57 Å². The molecule has 0 fully saturated rings. The highest BCUT2D eigenvalue weighted by atomic mass is 32.2. The van der Waals surface area contributed by atoms with Crippen LogP contribution in [-0.4, -0.2) is 36.2 Å². The van der Waals surface area contributed by atoms with Crippen LogP contribution >= 0.6 is 19.4 Å². The summed E-state index contributed by atoms with van der Waals surface area (Å²) in [5.74, 6) is 0.933. The lowest BCUT2D eigenvalue weighted by Gasteiger charge is -2.16. The maximum Gasteiger partial charge on any atom is 0.337 e. The molecule has 1 aliphatic heterocycles. The molecule has 1 aromatic rings. The number of rotatable bonds is 8. The summed E-state index contributed by atoms with van der Waals surface area (Å²) in [6.07, 6.45) is 1.22. The number of thioether (sulfide) groups is 1. The number of benzene rings is 1. The zero-order valence-corrected chi connectivity index (χ0v) is 14.2. The molecule has 0 bridgehead atoms. The Morgan fingerprint density at radius 2 is 1.90 bits per heavy atom. The molecule has 1 aliphatic rings. The standard InChI is InChI=1S/C15H22NO3PS/c1-3-18-20(17,19-4-2)11-15-16-14(12-21-15)10-13-8-6-5-7-9-13/h5-9,14H,3-4,10-12H2,1-2H3/t14-/m1/s1. The Bertz CT molecular complexity index is 511. The molecule has 1 heterocycles. The van der Waals surface area contributed by atoms with Gasteiger partial charge in [0.25, 0.3) is 0 Å². The molecule has 0 aliphatic carbocycles. The minimum absolute atomic E-state index is 0.254. The average molecular weight is 327 g/mol. The molecular formula is C15H22NO3PS. The van der Waals surface area contributed by atoms with Crippen molar-refractivity contribution in [2.24, 2.45) is 4.99 Å². The second-order valence-corrected chi connectivity index (χ2v) is 7.93. The molecule has 0 N–H and O–H groups in total. The maximum atomic E-state index is 12.5. The zero-order chi connectivity index (χ0) is 15.1. The Kier molecular flexibility index (Phi) is 6.49. The zero-order valence-electron chi connectivity index (χ0n) is 12.5. The van der Waals surface area contributed by atoms with Crippen molar-refractivity contribution in [3.05, 3.63) is 35.9 Å². The van der Waals surface area contributed by atoms with Gasteiger partial charge in [-0.1, -0.05) is 30.3 Å². The summed E-state index contributed by atoms with van der Waals surface area (Å²) in [6.45, 7) is 4.44. The van der Waals surface area contributed by atoms with Gasteiger partial charge in [0.15, 0.2) is 0 Å². The van der Waals surface area contributed by atoms with Crippen LogP contribution in [-0.2, 0) is 20.0 Å². The third-order valence-corrected chi connectivity index (χ3v) is 6.40. The van der Waals surface area contributed by atoms with Gasteiger partial charge in [0.05, 0.1) is 30.5 Å². The van der Waals surface area contributed by atoms with E-state index in [4.69, 9.17) is 9.05 Å². The highest BCUT2D eigenvalue weighted by molar-refractivity contribution is 8.14. The molecule has 1 aromatic carbocycles. The van der Waals surface area contributed by atoms with E-state index in [1.54, 1.807) is 11.8 Å². The van der Waals surface area contributed by atoms with Gasteiger partial charge < -0.3 is 9.05 Å². The molecule has 0 radical (unpaired) electrons. The van der Waals surface area contributed by atoms with Crippen LogP contribution in [0.5, 0.6) is 0 Å². The van der Waals surface area contributed by atoms with Gasteiger partial charge in [0.1, 0.15) is 0 Å². The Morgan fingerprint density at radius 3 is 2.52 bits per heavy atom. The Hall–Kier alpha value is -0.610. The Labute approximate surface area is 130 Å². The molecule has 116 valence electrons. The summed E-state index contributed by atoms with van der Waals surface area (Å²) < 4.78 is 23.1. The molecule has 4 nitrogen and oxygen atoms in total. The summed E-state index contributed by atoms with van der Waals surface area (Å²) in [5, 5.41) is 0.890. The highest BCUT2D eigenvalue weighted by Gasteiger charge is 2.29. The molecule has 6 heteroatoms. The number of nitrogens with zero attached hydrogens (tertiary/aromatic N) is 1. The molecule has 2 rings (SSSR count). The van der Waals surface area contributed by atoms with E-state index in [2.05, 4.69) is 17.1 Å². The van der Waals surface area contributed by atoms with Gasteiger partial charge in [-0.3, -0.25) is 9.56 Å². The second kappa shape index (κ2) is 8.14. The summed E-state index contributed by atoms with van der Waals surface area (Å²) in [5.41, 5.74) is 1.28. The highest BCUT2D eigenvalue weighted by Crippen LogP contribution is 2.49. The van der Waals surface area contributed by atoms with Gasteiger partial charge in [0.2, 0.25) is 0 Å². The molecule has 0 saturated heterocycles. The van der Waals surface area contributed by atoms with Gasteiger partial charge in [-0.05, 0) is 25.8 Å². The Morgan fingerprint density at radius 1 is 1.24 bits per heavy atom. The molecule has 0 aromatic heterocycles. The third-order valence-electron chi connectivity index (χ3n) is 3.06. The van der Waals surface area contributed by atoms with Crippen LogP contribution in [0.4, 0.5) is 0 Å². The fourth-order valence-corrected chi connectivity index (χ4v) is 5.33. The molecule has 21 heavy (non-hydrogen) atoms. The van der Waals surface area contributed by atoms with Crippen LogP contribution in [0.1, 0.15) is 19.4 Å². The van der Waals surface area contributed by atoms with Crippen LogP contribution in [0.15, 0.2) is 35.3 Å². The molecule has 0 spiro atoms. The first-order chi connectivity index (χ1) is 10.1. The SMILES string of the molecule is CCOP(=O)(CC1=N[C@H](Cc2ccccc2)CS1)OCC. The fraction of sp³-hybridized carbons (Fsp3) is 0.533. The van der Waals surface area contributed by atoms with Crippen LogP contribution in [0.2, 0.25) is 0 Å².